The maximum atomic E-state index is 14.0. The Hall–Kier alpha value is -3.14. The number of nitrogens with zero attached hydrogens (tertiary/aromatic N) is 2. The van der Waals surface area contributed by atoms with E-state index in [-0.39, 0.29) is 34.5 Å². The van der Waals surface area contributed by atoms with Gasteiger partial charge in [-0.05, 0) is 75.2 Å². The summed E-state index contributed by atoms with van der Waals surface area (Å²) in [6.07, 6.45) is 0.273. The van der Waals surface area contributed by atoms with Crippen LogP contribution in [0.25, 0.3) is 0 Å². The van der Waals surface area contributed by atoms with Crippen LogP contribution in [0.5, 0.6) is 0 Å². The van der Waals surface area contributed by atoms with E-state index in [1.54, 1.807) is 49.4 Å². The molecule has 1 N–H and O–H groups in total. The molecule has 0 aliphatic carbocycles. The Morgan fingerprint density at radius 2 is 1.60 bits per heavy atom. The molecule has 0 radical (unpaired) electrons. The van der Waals surface area contributed by atoms with Gasteiger partial charge in [0.05, 0.1) is 15.6 Å². The lowest BCUT2D eigenvalue weighted by Gasteiger charge is -2.34. The van der Waals surface area contributed by atoms with Crippen LogP contribution in [0.2, 0.25) is 10.0 Å². The third kappa shape index (κ3) is 7.96. The van der Waals surface area contributed by atoms with Crippen LogP contribution in [0.15, 0.2) is 77.7 Å². The fourth-order valence-electron chi connectivity index (χ4n) is 4.05. The minimum atomic E-state index is -4.29. The summed E-state index contributed by atoms with van der Waals surface area (Å²) in [5.41, 5.74) is 0.136. The van der Waals surface area contributed by atoms with E-state index >= 15 is 0 Å². The maximum Gasteiger partial charge on any atom is 0.264 e. The van der Waals surface area contributed by atoms with Crippen molar-refractivity contribution < 1.29 is 22.4 Å². The Bertz CT molecular complexity index is 1450. The molecule has 3 aromatic rings. The van der Waals surface area contributed by atoms with E-state index in [4.69, 9.17) is 23.2 Å². The number of anilines is 1. The molecule has 0 bridgehead atoms. The highest BCUT2D eigenvalue weighted by atomic mass is 35.5. The van der Waals surface area contributed by atoms with Gasteiger partial charge in [-0.1, -0.05) is 60.5 Å². The largest absolute Gasteiger partial charge is 0.350 e. The van der Waals surface area contributed by atoms with E-state index in [2.05, 4.69) is 5.32 Å². The summed E-state index contributed by atoms with van der Waals surface area (Å²) in [6, 6.07) is 16.9. The summed E-state index contributed by atoms with van der Waals surface area (Å²) in [5, 5.41) is 3.12. The minimum Gasteiger partial charge on any atom is -0.350 e. The SMILES string of the molecule is CCC(C(=O)NC(C)(C)C)N(Cc1ccc(Cl)cc1)C(=O)CN(c1ccc(F)c(Cl)c1)S(=O)(=O)c1ccccc1. The van der Waals surface area contributed by atoms with E-state index in [1.165, 1.54) is 23.1 Å². The standard InChI is InChI=1S/C29H32Cl2FN3O4S/c1-5-26(28(37)33-29(2,3)4)34(18-20-11-13-21(30)14-12-20)27(36)19-35(22-15-16-25(32)24(31)17-22)40(38,39)23-9-7-6-8-10-23/h6-17,26H,5,18-19H2,1-4H3,(H,33,37). The number of carbonyl (C=O) groups is 2. The van der Waals surface area contributed by atoms with Crippen LogP contribution in [-0.4, -0.2) is 43.3 Å². The Balaban J connectivity index is 2.08. The molecule has 0 aliphatic heterocycles. The molecule has 0 saturated heterocycles. The first-order valence-electron chi connectivity index (χ1n) is 12.6. The van der Waals surface area contributed by atoms with Gasteiger partial charge in [-0.15, -0.1) is 0 Å². The Morgan fingerprint density at radius 3 is 2.15 bits per heavy atom. The van der Waals surface area contributed by atoms with E-state index in [0.717, 1.165) is 16.4 Å². The van der Waals surface area contributed by atoms with Crippen LogP contribution in [0.4, 0.5) is 10.1 Å². The lowest BCUT2D eigenvalue weighted by Crippen LogP contribution is -2.55. The third-order valence-electron chi connectivity index (χ3n) is 5.95. The molecule has 214 valence electrons. The minimum absolute atomic E-state index is 0.00207. The molecule has 0 heterocycles. The molecule has 0 aromatic heterocycles. The molecule has 0 spiro atoms. The topological polar surface area (TPSA) is 86.8 Å². The number of hydrogen-bond acceptors (Lipinski definition) is 4. The Kier molecular flexibility index (Phi) is 10.2. The molecule has 7 nitrogen and oxygen atoms in total. The first-order chi connectivity index (χ1) is 18.7. The quantitative estimate of drug-likeness (QED) is 0.304. The van der Waals surface area contributed by atoms with Gasteiger partial charge in [0.15, 0.2) is 0 Å². The molecule has 11 heteroatoms. The second-order valence-electron chi connectivity index (χ2n) is 10.2. The molecule has 0 aliphatic rings. The van der Waals surface area contributed by atoms with Crippen LogP contribution < -0.4 is 9.62 Å². The van der Waals surface area contributed by atoms with Gasteiger partial charge in [0.2, 0.25) is 11.8 Å². The van der Waals surface area contributed by atoms with Crippen molar-refractivity contribution in [3.05, 3.63) is 94.2 Å². The van der Waals surface area contributed by atoms with Gasteiger partial charge in [0.25, 0.3) is 10.0 Å². The molecule has 2 amide bonds. The molecular formula is C29H32Cl2FN3O4S. The fraction of sp³-hybridized carbons (Fsp3) is 0.310. The van der Waals surface area contributed by atoms with Crippen molar-refractivity contribution in [1.82, 2.24) is 10.2 Å². The summed E-state index contributed by atoms with van der Waals surface area (Å²) in [6.45, 7) is 6.62. The van der Waals surface area contributed by atoms with Crippen LogP contribution >= 0.6 is 23.2 Å². The van der Waals surface area contributed by atoms with Gasteiger partial charge in [-0.3, -0.25) is 13.9 Å². The third-order valence-corrected chi connectivity index (χ3v) is 8.28. The van der Waals surface area contributed by atoms with Crippen molar-refractivity contribution >= 4 is 50.7 Å². The zero-order valence-corrected chi connectivity index (χ0v) is 25.0. The molecule has 3 aromatic carbocycles. The Labute approximate surface area is 244 Å². The van der Waals surface area contributed by atoms with E-state index < -0.39 is 39.9 Å². The average molecular weight is 609 g/mol. The van der Waals surface area contributed by atoms with Crippen LogP contribution in [-0.2, 0) is 26.2 Å². The predicted octanol–water partition coefficient (Wildman–Crippen LogP) is 6.05. The number of rotatable bonds is 10. The second kappa shape index (κ2) is 13.0. The van der Waals surface area contributed by atoms with Crippen LogP contribution in [0.3, 0.4) is 0 Å². The lowest BCUT2D eigenvalue weighted by molar-refractivity contribution is -0.141. The molecule has 0 saturated carbocycles. The van der Waals surface area contributed by atoms with Crippen molar-refractivity contribution in [2.24, 2.45) is 0 Å². The van der Waals surface area contributed by atoms with Crippen molar-refractivity contribution in [2.45, 2.75) is 57.1 Å². The number of sulfonamides is 1. The van der Waals surface area contributed by atoms with Crippen LogP contribution in [0, 0.1) is 5.82 Å². The number of benzene rings is 3. The smallest absolute Gasteiger partial charge is 0.264 e. The lowest BCUT2D eigenvalue weighted by atomic mass is 10.1. The van der Waals surface area contributed by atoms with Crippen molar-refractivity contribution in [3.63, 3.8) is 0 Å². The summed E-state index contributed by atoms with van der Waals surface area (Å²) >= 11 is 12.0. The predicted molar refractivity (Wildman–Crippen MR) is 156 cm³/mol. The van der Waals surface area contributed by atoms with Gasteiger partial charge in [0, 0.05) is 17.1 Å². The molecule has 1 unspecified atom stereocenters. The first-order valence-corrected chi connectivity index (χ1v) is 14.8. The normalized spacial score (nSPS) is 12.5. The van der Waals surface area contributed by atoms with Gasteiger partial charge in [-0.2, -0.15) is 0 Å². The first kappa shape index (κ1) is 31.4. The van der Waals surface area contributed by atoms with Gasteiger partial charge < -0.3 is 10.2 Å². The summed E-state index contributed by atoms with van der Waals surface area (Å²) < 4.78 is 42.4. The molecular weight excluding hydrogens is 576 g/mol. The van der Waals surface area contributed by atoms with E-state index in [0.29, 0.717) is 10.6 Å². The number of nitrogens with one attached hydrogen (secondary N) is 1. The second-order valence-corrected chi connectivity index (χ2v) is 12.9. The number of halogens is 3. The highest BCUT2D eigenvalue weighted by molar-refractivity contribution is 7.92. The maximum absolute atomic E-state index is 14.0. The highest BCUT2D eigenvalue weighted by Gasteiger charge is 2.34. The monoisotopic (exact) mass is 607 g/mol. The van der Waals surface area contributed by atoms with Gasteiger partial charge >= 0.3 is 0 Å². The van der Waals surface area contributed by atoms with Crippen molar-refractivity contribution in [3.8, 4) is 0 Å². The number of carbonyl (C=O) groups excluding carboxylic acids is 2. The Morgan fingerprint density at radius 1 is 0.975 bits per heavy atom. The molecule has 3 rings (SSSR count). The van der Waals surface area contributed by atoms with Gasteiger partial charge in [0.1, 0.15) is 18.4 Å². The molecule has 1 atom stereocenters. The van der Waals surface area contributed by atoms with Crippen molar-refractivity contribution in [2.75, 3.05) is 10.8 Å². The van der Waals surface area contributed by atoms with Gasteiger partial charge in [-0.25, -0.2) is 12.8 Å². The zero-order chi connectivity index (χ0) is 29.7. The number of amides is 2. The van der Waals surface area contributed by atoms with E-state index in [9.17, 15) is 22.4 Å². The fourth-order valence-corrected chi connectivity index (χ4v) is 5.78. The summed E-state index contributed by atoms with van der Waals surface area (Å²) in [5.74, 6) is -1.74. The average Bonchev–Trinajstić information content (AvgIpc) is 2.89. The summed E-state index contributed by atoms with van der Waals surface area (Å²) in [4.78, 5) is 28.6. The summed E-state index contributed by atoms with van der Waals surface area (Å²) in [7, 11) is -4.29. The zero-order valence-electron chi connectivity index (χ0n) is 22.7. The highest BCUT2D eigenvalue weighted by Crippen LogP contribution is 2.28. The molecule has 40 heavy (non-hydrogen) atoms. The number of hydrogen-bond donors (Lipinski definition) is 1. The van der Waals surface area contributed by atoms with Crippen molar-refractivity contribution in [1.29, 1.82) is 0 Å². The van der Waals surface area contributed by atoms with E-state index in [1.807, 2.05) is 20.8 Å². The van der Waals surface area contributed by atoms with Crippen LogP contribution in [0.1, 0.15) is 39.7 Å². The molecule has 0 fully saturated rings.